The van der Waals surface area contributed by atoms with Crippen molar-refractivity contribution in [3.63, 3.8) is 0 Å². The number of allylic oxidation sites excluding steroid dienone is 1. The molecule has 0 aromatic heterocycles. The number of nitrogens with one attached hydrogen (secondary N) is 3. The Balaban J connectivity index is 2.93. The molecule has 44 heavy (non-hydrogen) atoms. The fourth-order valence-corrected chi connectivity index (χ4v) is 5.17. The summed E-state index contributed by atoms with van der Waals surface area (Å²) in [4.78, 5) is 48.2. The van der Waals surface area contributed by atoms with Gasteiger partial charge in [0.25, 0.3) is 5.91 Å². The third-order valence-corrected chi connectivity index (χ3v) is 7.91. The van der Waals surface area contributed by atoms with E-state index in [9.17, 15) is 23.7 Å². The normalized spacial score (nSPS) is 14.0. The molecule has 0 bridgehead atoms. The molecule has 1 aromatic carbocycles. The summed E-state index contributed by atoms with van der Waals surface area (Å²) < 4.78 is 29.2. The van der Waals surface area contributed by atoms with E-state index in [4.69, 9.17) is 35.6 Å². The van der Waals surface area contributed by atoms with Gasteiger partial charge in [-0.2, -0.15) is 5.26 Å². The second-order valence-electron chi connectivity index (χ2n) is 10.1. The van der Waals surface area contributed by atoms with Crippen molar-refractivity contribution in [2.45, 2.75) is 65.2 Å². The Morgan fingerprint density at radius 1 is 1.11 bits per heavy atom. The molecule has 0 fully saturated rings. The van der Waals surface area contributed by atoms with Gasteiger partial charge in [-0.05, 0) is 49.8 Å². The minimum atomic E-state index is -3.55. The van der Waals surface area contributed by atoms with Crippen LogP contribution in [0.1, 0.15) is 52.0 Å². The first kappa shape index (κ1) is 38.1. The van der Waals surface area contributed by atoms with E-state index >= 15 is 0 Å². The summed E-state index contributed by atoms with van der Waals surface area (Å²) in [6.07, 6.45) is 0.267. The van der Waals surface area contributed by atoms with Crippen molar-refractivity contribution in [1.82, 2.24) is 10.6 Å². The summed E-state index contributed by atoms with van der Waals surface area (Å²) in [7, 11) is -3.55. The molecular weight excluding hydrogens is 595 g/mol. The average molecular weight is 639 g/mol. The van der Waals surface area contributed by atoms with E-state index in [1.807, 2.05) is 6.07 Å². The molecule has 0 aliphatic carbocycles. The zero-order valence-corrected chi connectivity index (χ0v) is 26.1. The number of urea groups is 1. The summed E-state index contributed by atoms with van der Waals surface area (Å²) in [6, 6.07) is 6.60. The van der Waals surface area contributed by atoms with Crippen LogP contribution in [0.2, 0.25) is 0 Å². The quantitative estimate of drug-likeness (QED) is 0.0692. The highest BCUT2D eigenvalue weighted by atomic mass is 31.2. The molecule has 244 valence electrons. The van der Waals surface area contributed by atoms with Gasteiger partial charge in [-0.3, -0.25) is 14.2 Å². The standard InChI is InChI=1S/C28H43N6O9P/c1-19(2)24(43-28(31)39)26(37)34-23(8-4-14-32-27(30)38)25(36)33-22-11-9-21(10-12-22)18-42-44(40,41-15-6-13-29)16-5-7-20(3)17-35/h7,9-12,19,23-24,35H,4-6,8,14-18H2,1-3H3,(H2,31,39)(H,33,36)(H,34,37)(H3,30,32,38)/b20-7+. The van der Waals surface area contributed by atoms with Crippen molar-refractivity contribution >= 4 is 37.2 Å². The number of nitriles is 1. The van der Waals surface area contributed by atoms with Crippen LogP contribution in [-0.4, -0.2) is 67.1 Å². The van der Waals surface area contributed by atoms with E-state index in [-0.39, 0.29) is 45.4 Å². The maximum Gasteiger partial charge on any atom is 0.405 e. The van der Waals surface area contributed by atoms with Gasteiger partial charge < -0.3 is 46.3 Å². The summed E-state index contributed by atoms with van der Waals surface area (Å²) >= 11 is 0. The molecular formula is C28H43N6O9P. The molecule has 0 saturated carbocycles. The summed E-state index contributed by atoms with van der Waals surface area (Å²) in [5.74, 6) is -1.70. The maximum atomic E-state index is 13.2. The topological polar surface area (TPSA) is 245 Å². The van der Waals surface area contributed by atoms with Gasteiger partial charge in [0.1, 0.15) is 6.04 Å². The number of aliphatic hydroxyl groups is 1. The Morgan fingerprint density at radius 2 is 1.80 bits per heavy atom. The van der Waals surface area contributed by atoms with Crippen molar-refractivity contribution in [3.05, 3.63) is 41.5 Å². The number of carbonyl (C=O) groups excluding carboxylic acids is 4. The lowest BCUT2D eigenvalue weighted by Gasteiger charge is -2.24. The molecule has 3 unspecified atom stereocenters. The third kappa shape index (κ3) is 15.5. The molecule has 0 heterocycles. The smallest absolute Gasteiger partial charge is 0.405 e. The maximum absolute atomic E-state index is 13.2. The lowest BCUT2D eigenvalue weighted by atomic mass is 10.0. The van der Waals surface area contributed by atoms with Crippen LogP contribution in [0.25, 0.3) is 0 Å². The number of ether oxygens (including phenoxy) is 1. The van der Waals surface area contributed by atoms with E-state index in [0.29, 0.717) is 29.7 Å². The minimum absolute atomic E-state index is 0.0483. The Kier molecular flexibility index (Phi) is 17.4. The van der Waals surface area contributed by atoms with Gasteiger partial charge in [-0.15, -0.1) is 0 Å². The van der Waals surface area contributed by atoms with Crippen LogP contribution in [0.5, 0.6) is 0 Å². The van der Waals surface area contributed by atoms with Crippen molar-refractivity contribution < 1.29 is 42.6 Å². The number of benzene rings is 1. The lowest BCUT2D eigenvalue weighted by Crippen LogP contribution is -2.50. The third-order valence-electron chi connectivity index (χ3n) is 6.01. The van der Waals surface area contributed by atoms with Gasteiger partial charge in [0, 0.05) is 12.2 Å². The first-order valence-corrected chi connectivity index (χ1v) is 15.7. The largest absolute Gasteiger partial charge is 0.436 e. The first-order valence-electron chi connectivity index (χ1n) is 14.0. The highest BCUT2D eigenvalue weighted by molar-refractivity contribution is 7.53. The fraction of sp³-hybridized carbons (Fsp3) is 0.536. The molecule has 16 heteroatoms. The van der Waals surface area contributed by atoms with Crippen LogP contribution in [0.4, 0.5) is 15.3 Å². The van der Waals surface area contributed by atoms with E-state index in [1.165, 1.54) is 0 Å². The van der Waals surface area contributed by atoms with Crippen molar-refractivity contribution in [1.29, 1.82) is 5.26 Å². The number of nitrogens with two attached hydrogens (primary N) is 2. The van der Waals surface area contributed by atoms with Gasteiger partial charge >= 0.3 is 19.7 Å². The average Bonchev–Trinajstić information content (AvgIpc) is 2.96. The molecule has 5 amide bonds. The van der Waals surface area contributed by atoms with Crippen LogP contribution in [0, 0.1) is 17.2 Å². The van der Waals surface area contributed by atoms with Gasteiger partial charge in [-0.1, -0.05) is 37.6 Å². The van der Waals surface area contributed by atoms with E-state index in [2.05, 4.69) is 16.0 Å². The van der Waals surface area contributed by atoms with Crippen LogP contribution < -0.4 is 27.4 Å². The number of primary amides is 2. The van der Waals surface area contributed by atoms with Crippen molar-refractivity contribution in [3.8, 4) is 6.07 Å². The minimum Gasteiger partial charge on any atom is -0.436 e. The van der Waals surface area contributed by atoms with Gasteiger partial charge in [-0.25, -0.2) is 9.59 Å². The van der Waals surface area contributed by atoms with Crippen molar-refractivity contribution in [2.24, 2.45) is 17.4 Å². The highest BCUT2D eigenvalue weighted by Gasteiger charge is 2.30. The number of rotatable bonds is 20. The van der Waals surface area contributed by atoms with Crippen LogP contribution in [-0.2, 0) is 34.5 Å². The molecule has 0 radical (unpaired) electrons. The molecule has 15 nitrogen and oxygen atoms in total. The van der Waals surface area contributed by atoms with E-state index < -0.39 is 49.6 Å². The van der Waals surface area contributed by atoms with Gasteiger partial charge in [0.15, 0.2) is 6.10 Å². The van der Waals surface area contributed by atoms with E-state index in [0.717, 1.165) is 0 Å². The Bertz CT molecular complexity index is 1220. The Morgan fingerprint density at radius 3 is 2.36 bits per heavy atom. The number of carbonyl (C=O) groups is 4. The number of nitrogens with zero attached hydrogens (tertiary/aromatic N) is 1. The van der Waals surface area contributed by atoms with Crippen LogP contribution in [0.15, 0.2) is 35.9 Å². The molecule has 1 aromatic rings. The molecule has 0 aliphatic rings. The summed E-state index contributed by atoms with van der Waals surface area (Å²) in [6.45, 7) is 4.96. The zero-order valence-electron chi connectivity index (χ0n) is 25.2. The molecule has 8 N–H and O–H groups in total. The van der Waals surface area contributed by atoms with Gasteiger partial charge in [0.2, 0.25) is 5.91 Å². The fourth-order valence-electron chi connectivity index (χ4n) is 3.67. The SMILES string of the molecule is C/C(=C\CCP(=O)(OCCC#N)OCc1ccc(NC(=O)C(CCCNC(N)=O)NC(=O)C(OC(N)=O)C(C)C)cc1)CO. The Labute approximate surface area is 257 Å². The zero-order chi connectivity index (χ0) is 33.1. The highest BCUT2D eigenvalue weighted by Crippen LogP contribution is 2.49. The lowest BCUT2D eigenvalue weighted by molar-refractivity contribution is -0.134. The van der Waals surface area contributed by atoms with Crippen LogP contribution >= 0.6 is 7.60 Å². The number of amides is 5. The first-order chi connectivity index (χ1) is 20.8. The molecule has 0 saturated heterocycles. The molecule has 0 aliphatic heterocycles. The predicted octanol–water partition coefficient (Wildman–Crippen LogP) is 2.65. The van der Waals surface area contributed by atoms with Gasteiger partial charge in [0.05, 0.1) is 38.5 Å². The number of aliphatic hydroxyl groups excluding tert-OH is 1. The molecule has 1 rings (SSSR count). The monoisotopic (exact) mass is 638 g/mol. The van der Waals surface area contributed by atoms with E-state index in [1.54, 1.807) is 51.1 Å². The van der Waals surface area contributed by atoms with Crippen LogP contribution in [0.3, 0.4) is 0 Å². The molecule has 3 atom stereocenters. The second kappa shape index (κ2) is 20.1. The predicted molar refractivity (Wildman–Crippen MR) is 162 cm³/mol. The Hall–Kier alpha value is -3.96. The number of hydrogen-bond donors (Lipinski definition) is 6. The number of anilines is 1. The summed E-state index contributed by atoms with van der Waals surface area (Å²) in [5.41, 5.74) is 11.9. The summed E-state index contributed by atoms with van der Waals surface area (Å²) in [5, 5.41) is 25.6. The second-order valence-corrected chi connectivity index (χ2v) is 12.3. The number of hydrogen-bond acceptors (Lipinski definition) is 10. The van der Waals surface area contributed by atoms with Crippen molar-refractivity contribution in [2.75, 3.05) is 31.2 Å². The molecule has 0 spiro atoms.